The largest absolute Gasteiger partial charge is 0.508 e. The van der Waals surface area contributed by atoms with Crippen LogP contribution >= 0.6 is 11.8 Å². The van der Waals surface area contributed by atoms with Crippen molar-refractivity contribution < 1.29 is 18.7 Å². The van der Waals surface area contributed by atoms with E-state index in [4.69, 9.17) is 5.26 Å². The Kier molecular flexibility index (Phi) is 5.93. The predicted octanol–water partition coefficient (Wildman–Crippen LogP) is 4.25. The number of amides is 1. The number of alkyl halides is 2. The van der Waals surface area contributed by atoms with E-state index in [1.807, 2.05) is 0 Å². The van der Waals surface area contributed by atoms with Crippen LogP contribution in [0.3, 0.4) is 0 Å². The lowest BCUT2D eigenvalue weighted by Crippen LogP contribution is -2.13. The van der Waals surface area contributed by atoms with E-state index in [-0.39, 0.29) is 11.3 Å². The molecule has 0 saturated heterocycles. The number of phenols is 1. The smallest absolute Gasteiger partial charge is 0.288 e. The topological polar surface area (TPSA) is 73.1 Å². The fourth-order valence-corrected chi connectivity index (χ4v) is 2.30. The van der Waals surface area contributed by atoms with Crippen molar-refractivity contribution in [2.45, 2.75) is 10.7 Å². The van der Waals surface area contributed by atoms with E-state index < -0.39 is 11.7 Å². The maximum absolute atomic E-state index is 12.2. The van der Waals surface area contributed by atoms with Gasteiger partial charge in [-0.2, -0.15) is 14.0 Å². The molecule has 0 radical (unpaired) electrons. The summed E-state index contributed by atoms with van der Waals surface area (Å²) in [6, 6.07) is 13.7. The second kappa shape index (κ2) is 8.13. The van der Waals surface area contributed by atoms with E-state index in [2.05, 4.69) is 5.32 Å². The SMILES string of the molecule is N#C/C(=C/c1ccc(O)cc1)C(=O)Nc1ccc(SC(F)F)cc1. The predicted molar refractivity (Wildman–Crippen MR) is 88.6 cm³/mol. The van der Waals surface area contributed by atoms with E-state index in [9.17, 15) is 18.7 Å². The van der Waals surface area contributed by atoms with Gasteiger partial charge in [0, 0.05) is 10.6 Å². The summed E-state index contributed by atoms with van der Waals surface area (Å²) in [7, 11) is 0. The van der Waals surface area contributed by atoms with Crippen molar-refractivity contribution in [2.75, 3.05) is 5.32 Å². The first-order valence-electron chi connectivity index (χ1n) is 6.75. The third-order valence-corrected chi connectivity index (χ3v) is 3.63. The third-order valence-electron chi connectivity index (χ3n) is 2.91. The summed E-state index contributed by atoms with van der Waals surface area (Å²) in [6.07, 6.45) is 1.38. The summed E-state index contributed by atoms with van der Waals surface area (Å²) < 4.78 is 24.5. The van der Waals surface area contributed by atoms with Gasteiger partial charge in [-0.1, -0.05) is 23.9 Å². The molecule has 0 aromatic heterocycles. The van der Waals surface area contributed by atoms with Crippen molar-refractivity contribution in [1.29, 1.82) is 5.26 Å². The van der Waals surface area contributed by atoms with Gasteiger partial charge < -0.3 is 10.4 Å². The van der Waals surface area contributed by atoms with Crippen LogP contribution in [0, 0.1) is 11.3 Å². The van der Waals surface area contributed by atoms with E-state index in [0.717, 1.165) is 0 Å². The molecule has 2 rings (SSSR count). The number of nitrogens with zero attached hydrogens (tertiary/aromatic N) is 1. The molecule has 0 heterocycles. The highest BCUT2D eigenvalue weighted by Crippen LogP contribution is 2.26. The summed E-state index contributed by atoms with van der Waals surface area (Å²) in [4.78, 5) is 12.5. The van der Waals surface area contributed by atoms with Crippen molar-refractivity contribution in [3.63, 3.8) is 0 Å². The number of carbonyl (C=O) groups excluding carboxylic acids is 1. The number of nitrogens with one attached hydrogen (secondary N) is 1. The summed E-state index contributed by atoms with van der Waals surface area (Å²) in [5, 5.41) is 20.9. The number of hydrogen-bond acceptors (Lipinski definition) is 4. The number of halogens is 2. The highest BCUT2D eigenvalue weighted by Gasteiger charge is 2.10. The zero-order chi connectivity index (χ0) is 17.5. The van der Waals surface area contributed by atoms with Gasteiger partial charge in [-0.3, -0.25) is 4.79 Å². The van der Waals surface area contributed by atoms with Crippen molar-refractivity contribution in [3.8, 4) is 11.8 Å². The zero-order valence-corrected chi connectivity index (χ0v) is 13.1. The van der Waals surface area contributed by atoms with E-state index >= 15 is 0 Å². The maximum Gasteiger partial charge on any atom is 0.288 e. The van der Waals surface area contributed by atoms with Crippen LogP contribution < -0.4 is 5.32 Å². The van der Waals surface area contributed by atoms with Crippen LogP contribution in [-0.2, 0) is 4.79 Å². The second-order valence-corrected chi connectivity index (χ2v) is 5.68. The molecule has 0 fully saturated rings. The molecule has 0 aliphatic carbocycles. The van der Waals surface area contributed by atoms with Gasteiger partial charge in [0.05, 0.1) is 0 Å². The minimum absolute atomic E-state index is 0.0804. The molecule has 1 amide bonds. The van der Waals surface area contributed by atoms with Crippen LogP contribution in [0.25, 0.3) is 6.08 Å². The summed E-state index contributed by atoms with van der Waals surface area (Å²) >= 11 is 0.410. The number of hydrogen-bond donors (Lipinski definition) is 2. The van der Waals surface area contributed by atoms with Crippen LogP contribution in [-0.4, -0.2) is 16.8 Å². The van der Waals surface area contributed by atoms with Gasteiger partial charge in [0.25, 0.3) is 11.7 Å². The van der Waals surface area contributed by atoms with E-state index in [1.165, 1.54) is 42.5 Å². The van der Waals surface area contributed by atoms with Gasteiger partial charge in [-0.25, -0.2) is 0 Å². The van der Waals surface area contributed by atoms with Gasteiger partial charge in [0.1, 0.15) is 17.4 Å². The fourth-order valence-electron chi connectivity index (χ4n) is 1.80. The Bertz CT molecular complexity index is 782. The summed E-state index contributed by atoms with van der Waals surface area (Å²) in [5.74, 6) is -3.04. The van der Waals surface area contributed by atoms with E-state index in [0.29, 0.717) is 27.9 Å². The molecule has 2 aromatic rings. The Morgan fingerprint density at radius 2 is 1.79 bits per heavy atom. The van der Waals surface area contributed by atoms with Gasteiger partial charge in [-0.05, 0) is 48.0 Å². The molecule has 7 heteroatoms. The third kappa shape index (κ3) is 5.11. The van der Waals surface area contributed by atoms with Crippen LogP contribution in [0.5, 0.6) is 5.75 Å². The first-order chi connectivity index (χ1) is 11.5. The number of anilines is 1. The molecule has 2 aromatic carbocycles. The van der Waals surface area contributed by atoms with E-state index in [1.54, 1.807) is 18.2 Å². The van der Waals surface area contributed by atoms with Gasteiger partial charge in [0.2, 0.25) is 0 Å². The maximum atomic E-state index is 12.2. The number of benzene rings is 2. The first-order valence-corrected chi connectivity index (χ1v) is 7.63. The van der Waals surface area contributed by atoms with Crippen LogP contribution in [0.2, 0.25) is 0 Å². The molecule has 0 spiro atoms. The number of aromatic hydroxyl groups is 1. The number of carbonyl (C=O) groups is 1. The van der Waals surface area contributed by atoms with Crippen molar-refractivity contribution in [1.82, 2.24) is 0 Å². The van der Waals surface area contributed by atoms with Crippen LogP contribution in [0.4, 0.5) is 14.5 Å². The van der Waals surface area contributed by atoms with Crippen LogP contribution in [0.1, 0.15) is 5.56 Å². The lowest BCUT2D eigenvalue weighted by molar-refractivity contribution is -0.112. The lowest BCUT2D eigenvalue weighted by Gasteiger charge is -2.06. The fraction of sp³-hybridized carbons (Fsp3) is 0.0588. The Hall–Kier alpha value is -2.85. The van der Waals surface area contributed by atoms with Crippen molar-refractivity contribution in [3.05, 3.63) is 59.7 Å². The molecule has 0 saturated carbocycles. The lowest BCUT2D eigenvalue weighted by atomic mass is 10.1. The molecule has 122 valence electrons. The number of rotatable bonds is 5. The normalized spacial score (nSPS) is 11.2. The molecule has 0 atom stereocenters. The number of phenolic OH excluding ortho intramolecular Hbond substituents is 1. The first kappa shape index (κ1) is 17.5. The van der Waals surface area contributed by atoms with Gasteiger partial charge in [-0.15, -0.1) is 0 Å². The van der Waals surface area contributed by atoms with Gasteiger partial charge >= 0.3 is 0 Å². The van der Waals surface area contributed by atoms with Crippen LogP contribution in [0.15, 0.2) is 59.0 Å². The quantitative estimate of drug-likeness (QED) is 0.482. The Morgan fingerprint density at radius 3 is 2.33 bits per heavy atom. The summed E-state index contributed by atoms with van der Waals surface area (Å²) in [6.45, 7) is 0. The summed E-state index contributed by atoms with van der Waals surface area (Å²) in [5.41, 5.74) is 0.861. The monoisotopic (exact) mass is 346 g/mol. The average molecular weight is 346 g/mol. The Labute approximate surface area is 141 Å². The number of thioether (sulfide) groups is 1. The number of nitriles is 1. The molecule has 24 heavy (non-hydrogen) atoms. The highest BCUT2D eigenvalue weighted by atomic mass is 32.2. The van der Waals surface area contributed by atoms with Crippen molar-refractivity contribution in [2.24, 2.45) is 0 Å². The molecule has 0 aliphatic rings. The Morgan fingerprint density at radius 1 is 1.17 bits per heavy atom. The Balaban J connectivity index is 2.09. The molecular formula is C17H12F2N2O2S. The average Bonchev–Trinajstić information content (AvgIpc) is 2.55. The molecule has 2 N–H and O–H groups in total. The standard InChI is InChI=1S/C17H12F2N2O2S/c18-17(19)24-15-7-3-13(4-8-15)21-16(23)12(10-20)9-11-1-5-14(22)6-2-11/h1-9,17,22H,(H,21,23)/b12-9-. The van der Waals surface area contributed by atoms with Gasteiger partial charge in [0.15, 0.2) is 0 Å². The molecule has 4 nitrogen and oxygen atoms in total. The molecule has 0 aliphatic heterocycles. The minimum Gasteiger partial charge on any atom is -0.508 e. The second-order valence-electron chi connectivity index (χ2n) is 4.62. The van der Waals surface area contributed by atoms with Crippen molar-refractivity contribution >= 4 is 29.4 Å². The molecule has 0 unspecified atom stereocenters. The zero-order valence-electron chi connectivity index (χ0n) is 12.2. The minimum atomic E-state index is -2.51. The highest BCUT2D eigenvalue weighted by molar-refractivity contribution is 7.99. The molecule has 0 bridgehead atoms. The molecular weight excluding hydrogens is 334 g/mol.